The molecule has 0 aromatic rings. The van der Waals surface area contributed by atoms with Gasteiger partial charge in [-0.25, -0.2) is 0 Å². The zero-order valence-corrected chi connectivity index (χ0v) is 13.3. The van der Waals surface area contributed by atoms with Crippen LogP contribution in [0.1, 0.15) is 25.7 Å². The van der Waals surface area contributed by atoms with Crippen LogP contribution in [0.3, 0.4) is 0 Å². The first-order valence-corrected chi connectivity index (χ1v) is 8.48. The monoisotopic (exact) mass is 295 g/mol. The summed E-state index contributed by atoms with van der Waals surface area (Å²) in [6.07, 6.45) is 4.84. The molecule has 5 nitrogen and oxygen atoms in total. The second kappa shape index (κ2) is 6.63. The van der Waals surface area contributed by atoms with Crippen LogP contribution in [0.25, 0.3) is 0 Å². The Morgan fingerprint density at radius 1 is 1.29 bits per heavy atom. The molecule has 3 fully saturated rings. The molecule has 0 radical (unpaired) electrons. The Hall–Kier alpha value is -0.650. The van der Waals surface area contributed by atoms with Crippen LogP contribution in [0.5, 0.6) is 0 Å². The second-order valence-corrected chi connectivity index (χ2v) is 6.86. The van der Waals surface area contributed by atoms with Gasteiger partial charge in [-0.3, -0.25) is 9.69 Å². The third-order valence-corrected chi connectivity index (χ3v) is 5.74. The van der Waals surface area contributed by atoms with Crippen molar-refractivity contribution in [2.24, 2.45) is 11.3 Å². The Morgan fingerprint density at radius 3 is 2.86 bits per heavy atom. The molecule has 1 aliphatic carbocycles. The van der Waals surface area contributed by atoms with Crippen molar-refractivity contribution in [2.45, 2.75) is 25.7 Å². The first-order chi connectivity index (χ1) is 10.3. The third kappa shape index (κ3) is 2.96. The standard InChI is InChI=1S/C16H29N3O2/c1-21-11-10-18-6-8-19(9-7-18)15(20)16-5-3-2-4-14(16)12-17-13-16/h14,17H,2-13H2,1H3/t14-,16+/m0/s1. The predicted octanol–water partition coefficient (Wildman–Crippen LogP) is 0.557. The van der Waals surface area contributed by atoms with Gasteiger partial charge in [0.05, 0.1) is 12.0 Å². The van der Waals surface area contributed by atoms with E-state index in [1.54, 1.807) is 7.11 Å². The highest BCUT2D eigenvalue weighted by Gasteiger charge is 2.51. The molecule has 3 aliphatic rings. The number of nitrogens with one attached hydrogen (secondary N) is 1. The number of nitrogens with zero attached hydrogens (tertiary/aromatic N) is 2. The zero-order valence-electron chi connectivity index (χ0n) is 13.3. The maximum absolute atomic E-state index is 13.1. The summed E-state index contributed by atoms with van der Waals surface area (Å²) in [4.78, 5) is 17.7. The van der Waals surface area contributed by atoms with Crippen molar-refractivity contribution in [1.29, 1.82) is 0 Å². The molecule has 0 aromatic carbocycles. The lowest BCUT2D eigenvalue weighted by Gasteiger charge is -2.43. The summed E-state index contributed by atoms with van der Waals surface area (Å²) < 4.78 is 5.14. The smallest absolute Gasteiger partial charge is 0.230 e. The molecule has 0 aromatic heterocycles. The van der Waals surface area contributed by atoms with Gasteiger partial charge < -0.3 is 15.0 Å². The fourth-order valence-corrected chi connectivity index (χ4v) is 4.38. The summed E-state index contributed by atoms with van der Waals surface area (Å²) in [7, 11) is 1.75. The summed E-state index contributed by atoms with van der Waals surface area (Å²) in [5, 5.41) is 3.49. The van der Waals surface area contributed by atoms with Gasteiger partial charge in [0, 0.05) is 46.4 Å². The van der Waals surface area contributed by atoms with Crippen LogP contribution >= 0.6 is 0 Å². The fourth-order valence-electron chi connectivity index (χ4n) is 4.38. The van der Waals surface area contributed by atoms with Crippen molar-refractivity contribution in [2.75, 3.05) is 59.5 Å². The molecule has 1 saturated carbocycles. The van der Waals surface area contributed by atoms with E-state index < -0.39 is 0 Å². The molecule has 3 rings (SSSR count). The van der Waals surface area contributed by atoms with Crippen molar-refractivity contribution in [1.82, 2.24) is 15.1 Å². The molecule has 0 spiro atoms. The van der Waals surface area contributed by atoms with Gasteiger partial charge in [0.1, 0.15) is 0 Å². The summed E-state index contributed by atoms with van der Waals surface area (Å²) in [5.74, 6) is 1.01. The molecule has 0 unspecified atom stereocenters. The number of methoxy groups -OCH3 is 1. The number of amides is 1. The van der Waals surface area contributed by atoms with Gasteiger partial charge >= 0.3 is 0 Å². The highest BCUT2D eigenvalue weighted by Crippen LogP contribution is 2.45. The van der Waals surface area contributed by atoms with Crippen LogP contribution in [-0.2, 0) is 9.53 Å². The molecule has 0 bridgehead atoms. The largest absolute Gasteiger partial charge is 0.383 e. The van der Waals surface area contributed by atoms with Crippen LogP contribution in [0.2, 0.25) is 0 Å². The molecule has 2 saturated heterocycles. The minimum atomic E-state index is -0.0764. The first-order valence-electron chi connectivity index (χ1n) is 8.48. The van der Waals surface area contributed by atoms with E-state index in [0.717, 1.165) is 58.8 Å². The van der Waals surface area contributed by atoms with Crippen molar-refractivity contribution in [3.63, 3.8) is 0 Å². The molecule has 2 aliphatic heterocycles. The fraction of sp³-hybridized carbons (Fsp3) is 0.938. The number of rotatable bonds is 4. The van der Waals surface area contributed by atoms with Crippen LogP contribution < -0.4 is 5.32 Å². The van der Waals surface area contributed by atoms with Crippen LogP contribution in [0.4, 0.5) is 0 Å². The Balaban J connectivity index is 1.58. The van der Waals surface area contributed by atoms with Crippen molar-refractivity contribution in [3.8, 4) is 0 Å². The molecular weight excluding hydrogens is 266 g/mol. The maximum Gasteiger partial charge on any atom is 0.230 e. The Morgan fingerprint density at radius 2 is 2.10 bits per heavy atom. The quantitative estimate of drug-likeness (QED) is 0.823. The maximum atomic E-state index is 13.1. The number of fused-ring (bicyclic) bond motifs is 1. The number of ether oxygens (including phenoxy) is 1. The predicted molar refractivity (Wildman–Crippen MR) is 82.2 cm³/mol. The van der Waals surface area contributed by atoms with Crippen LogP contribution in [0.15, 0.2) is 0 Å². The molecule has 2 heterocycles. The van der Waals surface area contributed by atoms with Gasteiger partial charge in [0.2, 0.25) is 5.91 Å². The highest BCUT2D eigenvalue weighted by atomic mass is 16.5. The van der Waals surface area contributed by atoms with Crippen molar-refractivity contribution >= 4 is 5.91 Å². The van der Waals surface area contributed by atoms with Crippen molar-refractivity contribution in [3.05, 3.63) is 0 Å². The molecule has 1 N–H and O–H groups in total. The average molecular weight is 295 g/mol. The zero-order chi connectivity index (χ0) is 14.7. The Labute approximate surface area is 128 Å². The topological polar surface area (TPSA) is 44.8 Å². The van der Waals surface area contributed by atoms with E-state index in [1.807, 2.05) is 0 Å². The average Bonchev–Trinajstić information content (AvgIpc) is 2.98. The van der Waals surface area contributed by atoms with Gasteiger partial charge in [-0.05, 0) is 25.3 Å². The lowest BCUT2D eigenvalue weighted by Crippen LogP contribution is -2.56. The van der Waals surface area contributed by atoms with E-state index in [4.69, 9.17) is 4.74 Å². The van der Waals surface area contributed by atoms with Gasteiger partial charge in [-0.2, -0.15) is 0 Å². The van der Waals surface area contributed by atoms with E-state index in [2.05, 4.69) is 15.1 Å². The van der Waals surface area contributed by atoms with Gasteiger partial charge in [0.15, 0.2) is 0 Å². The number of carbonyl (C=O) groups is 1. The molecular formula is C16H29N3O2. The van der Waals surface area contributed by atoms with Crippen molar-refractivity contribution < 1.29 is 9.53 Å². The van der Waals surface area contributed by atoms with Gasteiger partial charge in [0.25, 0.3) is 0 Å². The van der Waals surface area contributed by atoms with Gasteiger partial charge in [-0.1, -0.05) is 12.8 Å². The first kappa shape index (κ1) is 15.3. The Bertz CT molecular complexity index is 369. The lowest BCUT2D eigenvalue weighted by molar-refractivity contribution is -0.147. The van der Waals surface area contributed by atoms with E-state index in [-0.39, 0.29) is 5.41 Å². The number of carbonyl (C=O) groups excluding carboxylic acids is 1. The normalized spacial score (nSPS) is 34.0. The number of hydrogen-bond acceptors (Lipinski definition) is 4. The third-order valence-electron chi connectivity index (χ3n) is 5.74. The molecule has 120 valence electrons. The summed E-state index contributed by atoms with van der Waals surface area (Å²) >= 11 is 0. The molecule has 2 atom stereocenters. The minimum Gasteiger partial charge on any atom is -0.383 e. The molecule has 5 heteroatoms. The minimum absolute atomic E-state index is 0.0764. The number of hydrogen-bond donors (Lipinski definition) is 1. The second-order valence-electron chi connectivity index (χ2n) is 6.86. The summed E-state index contributed by atoms with van der Waals surface area (Å²) in [5.41, 5.74) is -0.0764. The summed E-state index contributed by atoms with van der Waals surface area (Å²) in [6.45, 7) is 7.46. The van der Waals surface area contributed by atoms with E-state index in [9.17, 15) is 4.79 Å². The molecule has 1 amide bonds. The molecule has 21 heavy (non-hydrogen) atoms. The highest BCUT2D eigenvalue weighted by molar-refractivity contribution is 5.84. The number of piperazine rings is 1. The van der Waals surface area contributed by atoms with E-state index >= 15 is 0 Å². The van der Waals surface area contributed by atoms with E-state index in [0.29, 0.717) is 11.8 Å². The lowest BCUT2D eigenvalue weighted by atomic mass is 9.67. The van der Waals surface area contributed by atoms with E-state index in [1.165, 1.54) is 19.3 Å². The Kier molecular flexibility index (Phi) is 4.82. The van der Waals surface area contributed by atoms with Crippen LogP contribution in [-0.4, -0.2) is 75.2 Å². The summed E-state index contributed by atoms with van der Waals surface area (Å²) in [6, 6.07) is 0. The SMILES string of the molecule is COCCN1CCN(C(=O)[C@@]23CCCC[C@H]2CNC3)CC1. The van der Waals surface area contributed by atoms with Crippen LogP contribution in [0, 0.1) is 11.3 Å². The van der Waals surface area contributed by atoms with Gasteiger partial charge in [-0.15, -0.1) is 0 Å².